The van der Waals surface area contributed by atoms with E-state index in [1.807, 2.05) is 54.4 Å². The molecule has 3 aliphatic heterocycles. The van der Waals surface area contributed by atoms with Crippen LogP contribution in [0.15, 0.2) is 67.0 Å². The van der Waals surface area contributed by atoms with Crippen LogP contribution in [0.2, 0.25) is 10.0 Å². The number of aromatic nitrogens is 1. The Morgan fingerprint density at radius 2 is 1.70 bits per heavy atom. The van der Waals surface area contributed by atoms with E-state index in [-0.39, 0.29) is 40.0 Å². The number of carboxylic acid groups (broad SMARTS) is 1. The maximum absolute atomic E-state index is 13.9. The van der Waals surface area contributed by atoms with Crippen molar-refractivity contribution in [2.45, 2.75) is 43.9 Å². The molecule has 3 fully saturated rings. The number of halogens is 2. The van der Waals surface area contributed by atoms with Crippen molar-refractivity contribution < 1.29 is 38.8 Å². The van der Waals surface area contributed by atoms with Crippen molar-refractivity contribution in [2.75, 3.05) is 40.9 Å². The van der Waals surface area contributed by atoms with E-state index in [1.165, 1.54) is 26.6 Å². The van der Waals surface area contributed by atoms with Crippen molar-refractivity contribution in [2.24, 2.45) is 5.92 Å². The van der Waals surface area contributed by atoms with Gasteiger partial charge in [-0.3, -0.25) is 15.0 Å². The maximum Gasteiger partial charge on any atom is 0.328 e. The van der Waals surface area contributed by atoms with Gasteiger partial charge in [0.05, 0.1) is 25.1 Å². The minimum atomic E-state index is -1.33. The highest BCUT2D eigenvalue weighted by Gasteiger charge is 2.39. The summed E-state index contributed by atoms with van der Waals surface area (Å²) in [5.74, 6) is -0.896. The molecule has 7 rings (SSSR count). The third-order valence-electron chi connectivity index (χ3n) is 9.71. The van der Waals surface area contributed by atoms with Crippen molar-refractivity contribution in [1.29, 1.82) is 0 Å². The molecule has 3 atom stereocenters. The van der Waals surface area contributed by atoms with Gasteiger partial charge in [0.2, 0.25) is 12.4 Å². The number of likely N-dealkylation sites (N-methyl/N-ethyl adjacent to an activating group) is 1. The van der Waals surface area contributed by atoms with Crippen molar-refractivity contribution in [1.82, 2.24) is 9.80 Å². The van der Waals surface area contributed by atoms with E-state index in [9.17, 15) is 19.9 Å². The first-order valence-electron chi connectivity index (χ1n) is 16.4. The van der Waals surface area contributed by atoms with Crippen LogP contribution in [0, 0.1) is 5.92 Å². The zero-order chi connectivity index (χ0) is 35.5. The van der Waals surface area contributed by atoms with Gasteiger partial charge in [0.1, 0.15) is 22.2 Å². The molecule has 1 unspecified atom stereocenters. The highest BCUT2D eigenvalue weighted by atomic mass is 35.5. The second-order valence-corrected chi connectivity index (χ2v) is 14.8. The number of thiophene rings is 1. The number of fused-ring (bicyclic) bond motifs is 3. The van der Waals surface area contributed by atoms with Crippen LogP contribution >= 0.6 is 34.5 Å². The molecule has 1 N–H and O–H groups in total. The standard InChI is InChI=1S/C37H39Cl2N3O7S/c1-40(34(23-7-5-4-6-8-23)37(45)49-33-21-41-13-11-22(33)12-14-41)18-25-16-27(35(50-25)36(43)44)26(17-28-29(38)19-42(46)20-30(28)39)24-9-10-31(47-2)32(15-24)48-3/h4-10,15-16,19-20,22,26,33-34H,11-14,17-18,21H2,1-3H3,(H-,43,44,46)/t26-,33-,34?/m0/s1. The minimum Gasteiger partial charge on any atom is -0.544 e. The molecule has 4 aromatic rings. The van der Waals surface area contributed by atoms with Crippen LogP contribution in [-0.2, 0) is 22.5 Å². The molecule has 2 bridgehead atoms. The summed E-state index contributed by atoms with van der Waals surface area (Å²) in [6.45, 7) is 3.08. The second kappa shape index (κ2) is 15.6. The number of ether oxygens (including phenoxy) is 3. The minimum absolute atomic E-state index is 0.0414. The van der Waals surface area contributed by atoms with Gasteiger partial charge in [0.15, 0.2) is 11.5 Å². The number of pyridine rings is 1. The van der Waals surface area contributed by atoms with Crippen molar-refractivity contribution in [3.63, 3.8) is 0 Å². The van der Waals surface area contributed by atoms with Gasteiger partial charge in [-0.15, -0.1) is 11.3 Å². The molecule has 3 saturated heterocycles. The molecule has 0 aliphatic carbocycles. The second-order valence-electron chi connectivity index (χ2n) is 12.8. The smallest absolute Gasteiger partial charge is 0.328 e. The summed E-state index contributed by atoms with van der Waals surface area (Å²) in [5.41, 5.74) is 2.52. The molecule has 2 aromatic heterocycles. The van der Waals surface area contributed by atoms with Gasteiger partial charge in [0, 0.05) is 34.2 Å². The maximum atomic E-state index is 13.9. The van der Waals surface area contributed by atoms with Crippen molar-refractivity contribution in [3.8, 4) is 11.5 Å². The van der Waals surface area contributed by atoms with Gasteiger partial charge >= 0.3 is 5.97 Å². The molecule has 10 nitrogen and oxygen atoms in total. The van der Waals surface area contributed by atoms with Crippen LogP contribution < -0.4 is 19.3 Å². The lowest BCUT2D eigenvalue weighted by Crippen LogP contribution is -2.52. The topological polar surface area (TPSA) is 115 Å². The molecule has 2 aromatic carbocycles. The van der Waals surface area contributed by atoms with E-state index in [4.69, 9.17) is 37.4 Å². The predicted octanol–water partition coefficient (Wildman–Crippen LogP) is 5.15. The summed E-state index contributed by atoms with van der Waals surface area (Å²) >= 11 is 14.2. The number of hydrogen-bond acceptors (Lipinski definition) is 10. The molecule has 13 heteroatoms. The zero-order valence-electron chi connectivity index (χ0n) is 28.0. The molecular formula is C37H39Cl2N3O7S. The molecule has 264 valence electrons. The highest BCUT2D eigenvalue weighted by molar-refractivity contribution is 7.14. The van der Waals surface area contributed by atoms with Crippen LogP contribution in [0.25, 0.3) is 0 Å². The average Bonchev–Trinajstić information content (AvgIpc) is 3.52. The summed E-state index contributed by atoms with van der Waals surface area (Å²) in [4.78, 5) is 31.7. The largest absolute Gasteiger partial charge is 0.544 e. The fourth-order valence-electron chi connectivity index (χ4n) is 7.17. The van der Waals surface area contributed by atoms with Crippen molar-refractivity contribution in [3.05, 3.63) is 109 Å². The Kier molecular flexibility index (Phi) is 11.2. The van der Waals surface area contributed by atoms with Crippen LogP contribution in [0.5, 0.6) is 11.5 Å². The van der Waals surface area contributed by atoms with Gasteiger partial charge in [-0.05, 0) is 80.2 Å². The van der Waals surface area contributed by atoms with E-state index in [0.29, 0.717) is 33.4 Å². The Bertz CT molecular complexity index is 1820. The highest BCUT2D eigenvalue weighted by Crippen LogP contribution is 2.41. The van der Waals surface area contributed by atoms with E-state index in [2.05, 4.69) is 4.90 Å². The number of piperidine rings is 3. The number of methoxy groups -OCH3 is 2. The average molecular weight is 741 g/mol. The van der Waals surface area contributed by atoms with E-state index < -0.39 is 17.9 Å². The Labute approximate surface area is 305 Å². The summed E-state index contributed by atoms with van der Waals surface area (Å²) in [7, 11) is 4.90. The fraction of sp³-hybridized carbons (Fsp3) is 0.378. The molecule has 5 heterocycles. The Balaban J connectivity index is 1.35. The number of esters is 1. The Morgan fingerprint density at radius 1 is 1.02 bits per heavy atom. The molecule has 0 amide bonds. The summed E-state index contributed by atoms with van der Waals surface area (Å²) < 4.78 is 18.0. The summed E-state index contributed by atoms with van der Waals surface area (Å²) in [6, 6.07) is 16.0. The van der Waals surface area contributed by atoms with Gasteiger partial charge < -0.3 is 24.1 Å². The van der Waals surface area contributed by atoms with Gasteiger partial charge in [-0.2, -0.15) is 0 Å². The summed E-state index contributed by atoms with van der Waals surface area (Å²) in [6.07, 6.45) is 4.73. The van der Waals surface area contributed by atoms with Crippen LogP contribution in [0.1, 0.15) is 61.6 Å². The van der Waals surface area contributed by atoms with Crippen molar-refractivity contribution >= 4 is 46.5 Å². The van der Waals surface area contributed by atoms with Gasteiger partial charge in [-0.1, -0.05) is 59.6 Å². The molecule has 3 aliphatic rings. The van der Waals surface area contributed by atoms with E-state index in [0.717, 1.165) is 59.7 Å². The number of carbonyl (C=O) groups is 2. The third-order valence-corrected chi connectivity index (χ3v) is 11.5. The normalized spacial score (nSPS) is 19.6. The molecular weight excluding hydrogens is 701 g/mol. The number of carbonyl (C=O) groups excluding carboxylic acids is 2. The van der Waals surface area contributed by atoms with Crippen LogP contribution in [0.3, 0.4) is 0 Å². The van der Waals surface area contributed by atoms with Gasteiger partial charge in [0.25, 0.3) is 0 Å². The lowest BCUT2D eigenvalue weighted by Gasteiger charge is -2.44. The van der Waals surface area contributed by atoms with E-state index in [1.54, 1.807) is 12.1 Å². The van der Waals surface area contributed by atoms with Gasteiger partial charge in [-0.25, -0.2) is 4.79 Å². The SMILES string of the molecule is COc1ccc([C@H](Cc2c(Cl)c[n+](O)cc2Cl)c2cc(CN(C)C(C(=O)O[C@H]3CN4CCC3CC4)c3ccccc3)sc2C(=O)[O-])cc1OC. The Hall–Kier alpha value is -3.87. The fourth-order valence-corrected chi connectivity index (χ4v) is 8.90. The monoisotopic (exact) mass is 739 g/mol. The summed E-state index contributed by atoms with van der Waals surface area (Å²) in [5, 5.41) is 23.2. The number of carboxylic acids is 1. The number of aromatic carboxylic acids is 1. The predicted molar refractivity (Wildman–Crippen MR) is 187 cm³/mol. The first kappa shape index (κ1) is 35.9. The molecule has 50 heavy (non-hydrogen) atoms. The molecule has 0 spiro atoms. The first-order chi connectivity index (χ1) is 24.1. The number of hydrogen-bond donors (Lipinski definition) is 1. The molecule has 0 radical (unpaired) electrons. The third kappa shape index (κ3) is 7.72. The number of nitrogens with zero attached hydrogens (tertiary/aromatic N) is 3. The van der Waals surface area contributed by atoms with Crippen LogP contribution in [-0.4, -0.2) is 74.0 Å². The lowest BCUT2D eigenvalue weighted by atomic mass is 9.85. The van der Waals surface area contributed by atoms with Crippen LogP contribution in [0.4, 0.5) is 0 Å². The number of benzene rings is 2. The quantitative estimate of drug-likeness (QED) is 0.113. The lowest BCUT2D eigenvalue weighted by molar-refractivity contribution is -0.904. The first-order valence-corrected chi connectivity index (χ1v) is 18.0. The Morgan fingerprint density at radius 3 is 2.30 bits per heavy atom. The van der Waals surface area contributed by atoms with E-state index >= 15 is 0 Å². The molecule has 0 saturated carbocycles. The number of rotatable bonds is 13. The zero-order valence-corrected chi connectivity index (χ0v) is 30.3.